The molecule has 3 nitrogen and oxygen atoms in total. The highest BCUT2D eigenvalue weighted by molar-refractivity contribution is 5.49. The number of allylic oxidation sites excluding steroid dienone is 2. The molecule has 0 unspecified atom stereocenters. The highest BCUT2D eigenvalue weighted by Crippen LogP contribution is 2.18. The van der Waals surface area contributed by atoms with Gasteiger partial charge in [0, 0.05) is 6.42 Å². The second-order valence-corrected chi connectivity index (χ2v) is 4.61. The normalized spacial score (nSPS) is 15.6. The lowest BCUT2D eigenvalue weighted by atomic mass is 10.0. The molecule has 0 saturated heterocycles. The van der Waals surface area contributed by atoms with Gasteiger partial charge in [-0.05, 0) is 18.3 Å². The lowest BCUT2D eigenvalue weighted by Crippen LogP contribution is -2.79. The summed E-state index contributed by atoms with van der Waals surface area (Å²) < 4.78 is 0. The summed E-state index contributed by atoms with van der Waals surface area (Å²) in [6, 6.07) is 0. The summed E-state index contributed by atoms with van der Waals surface area (Å²) in [6.07, 6.45) is 4.23. The Hall–Kier alpha value is -0.670. The van der Waals surface area contributed by atoms with Crippen LogP contribution in [0.4, 0.5) is 0 Å². The third-order valence-electron chi connectivity index (χ3n) is 2.11. The fraction of sp³-hybridized carbons (Fsp3) is 0.727. The zero-order chi connectivity index (χ0) is 9.84. The molecule has 14 heavy (non-hydrogen) atoms. The summed E-state index contributed by atoms with van der Waals surface area (Å²) in [4.78, 5) is 4.41. The Labute approximate surface area is 86.6 Å². The van der Waals surface area contributed by atoms with Crippen molar-refractivity contribution in [1.29, 1.82) is 0 Å². The third kappa shape index (κ3) is 4.03. The molecule has 3 heteroatoms. The van der Waals surface area contributed by atoms with Crippen LogP contribution in [0, 0.1) is 11.8 Å². The molecule has 0 aromatic rings. The molecule has 0 atom stereocenters. The van der Waals surface area contributed by atoms with Crippen LogP contribution < -0.4 is 5.32 Å². The molecule has 3 N–H and O–H groups in total. The van der Waals surface area contributed by atoms with Crippen LogP contribution in [0.15, 0.2) is 16.4 Å². The van der Waals surface area contributed by atoms with Gasteiger partial charge in [-0.15, -0.1) is 0 Å². The van der Waals surface area contributed by atoms with Crippen molar-refractivity contribution in [1.82, 2.24) is 0 Å². The summed E-state index contributed by atoms with van der Waals surface area (Å²) in [5, 5.41) is 2.16. The fourth-order valence-electron chi connectivity index (χ4n) is 1.59. The summed E-state index contributed by atoms with van der Waals surface area (Å²) in [6.45, 7) is 9.00. The molecule has 1 aliphatic heterocycles. The van der Waals surface area contributed by atoms with E-state index in [1.165, 1.54) is 17.8 Å². The van der Waals surface area contributed by atoms with Gasteiger partial charge in [-0.1, -0.05) is 27.7 Å². The van der Waals surface area contributed by atoms with Crippen LogP contribution in [0.5, 0.6) is 0 Å². The Morgan fingerprint density at radius 1 is 1.14 bits per heavy atom. The van der Waals surface area contributed by atoms with E-state index in [1.807, 2.05) is 6.34 Å². The van der Waals surface area contributed by atoms with E-state index in [-0.39, 0.29) is 5.48 Å². The van der Waals surface area contributed by atoms with Crippen molar-refractivity contribution in [3.05, 3.63) is 11.4 Å². The lowest BCUT2D eigenvalue weighted by Gasteiger charge is -2.06. The maximum atomic E-state index is 4.41. The monoisotopic (exact) mass is 198 g/mol. The van der Waals surface area contributed by atoms with Crippen molar-refractivity contribution in [2.45, 2.75) is 40.5 Å². The van der Waals surface area contributed by atoms with Crippen LogP contribution in [0.25, 0.3) is 0 Å². The van der Waals surface area contributed by atoms with Crippen molar-refractivity contribution in [2.75, 3.05) is 0 Å². The van der Waals surface area contributed by atoms with E-state index >= 15 is 0 Å². The average molecular weight is 198 g/mol. The largest absolute Gasteiger partial charge is 0.870 e. The zero-order valence-electron chi connectivity index (χ0n) is 9.62. The molecular weight excluding hydrogens is 176 g/mol. The average Bonchev–Trinajstić information content (AvgIpc) is 2.34. The van der Waals surface area contributed by atoms with E-state index in [0.29, 0.717) is 5.92 Å². The molecular formula is C11H22N2O. The second kappa shape index (κ2) is 5.94. The molecule has 0 aliphatic carbocycles. The van der Waals surface area contributed by atoms with Crippen LogP contribution in [0.1, 0.15) is 40.5 Å². The Morgan fingerprint density at radius 2 is 1.71 bits per heavy atom. The van der Waals surface area contributed by atoms with Gasteiger partial charge in [-0.2, -0.15) is 0 Å². The number of hydrogen-bond acceptors (Lipinski definition) is 2. The Morgan fingerprint density at radius 3 is 2.21 bits per heavy atom. The van der Waals surface area contributed by atoms with E-state index in [1.54, 1.807) is 0 Å². The van der Waals surface area contributed by atoms with Crippen molar-refractivity contribution < 1.29 is 10.8 Å². The van der Waals surface area contributed by atoms with Crippen LogP contribution in [0.2, 0.25) is 0 Å². The topological polar surface area (TPSA) is 59.0 Å². The Balaban J connectivity index is 0.00000169. The van der Waals surface area contributed by atoms with Gasteiger partial charge in [-0.3, -0.25) is 5.32 Å². The first-order valence-electron chi connectivity index (χ1n) is 5.19. The van der Waals surface area contributed by atoms with Gasteiger partial charge in [-0.25, -0.2) is 4.99 Å². The maximum absolute atomic E-state index is 4.41. The van der Waals surface area contributed by atoms with Crippen molar-refractivity contribution in [2.24, 2.45) is 16.8 Å². The molecule has 0 fully saturated rings. The molecule has 0 radical (unpaired) electrons. The van der Waals surface area contributed by atoms with Crippen LogP contribution >= 0.6 is 0 Å². The molecule has 1 aliphatic rings. The SMILES string of the molecule is CC(C)CC1=C(CC(C)C)[NH2+]C=N1.[OH-]. The Bertz CT molecular complexity index is 229. The smallest absolute Gasteiger partial charge is 0.191 e. The molecule has 0 aromatic heterocycles. The number of nitrogens with zero attached hydrogens (tertiary/aromatic N) is 1. The van der Waals surface area contributed by atoms with Crippen LogP contribution in [0.3, 0.4) is 0 Å². The summed E-state index contributed by atoms with van der Waals surface area (Å²) in [5.74, 6) is 1.44. The molecule has 1 rings (SSSR count). The number of rotatable bonds is 4. The second-order valence-electron chi connectivity index (χ2n) is 4.61. The number of hydrogen-bond donors (Lipinski definition) is 1. The third-order valence-corrected chi connectivity index (χ3v) is 2.11. The maximum Gasteiger partial charge on any atom is 0.191 e. The first-order chi connectivity index (χ1) is 6.09. The van der Waals surface area contributed by atoms with Crippen molar-refractivity contribution >= 4 is 6.34 Å². The summed E-state index contributed by atoms with van der Waals surface area (Å²) in [7, 11) is 0. The Kier molecular flexibility index (Phi) is 5.65. The van der Waals surface area contributed by atoms with Gasteiger partial charge in [0.1, 0.15) is 11.4 Å². The highest BCUT2D eigenvalue weighted by atomic mass is 16.0. The van der Waals surface area contributed by atoms with Gasteiger partial charge < -0.3 is 5.48 Å². The highest BCUT2D eigenvalue weighted by Gasteiger charge is 2.17. The number of quaternary nitrogens is 1. The van der Waals surface area contributed by atoms with Gasteiger partial charge in [0.2, 0.25) is 0 Å². The first kappa shape index (κ1) is 13.3. The van der Waals surface area contributed by atoms with Crippen LogP contribution in [-0.4, -0.2) is 11.8 Å². The molecule has 0 bridgehead atoms. The molecule has 1 heterocycles. The molecule has 0 spiro atoms. The lowest BCUT2D eigenvalue weighted by molar-refractivity contribution is -0.474. The number of aliphatic imine (C=N–C) groups is 1. The molecule has 82 valence electrons. The number of nitrogens with two attached hydrogens (primary N) is 1. The van der Waals surface area contributed by atoms with Crippen molar-refractivity contribution in [3.8, 4) is 0 Å². The van der Waals surface area contributed by atoms with Crippen LogP contribution in [-0.2, 0) is 0 Å². The molecule has 0 saturated carbocycles. The molecule has 0 amide bonds. The van der Waals surface area contributed by atoms with Gasteiger partial charge in [0.25, 0.3) is 0 Å². The minimum Gasteiger partial charge on any atom is -0.870 e. The summed E-state index contributed by atoms with van der Waals surface area (Å²) >= 11 is 0. The van der Waals surface area contributed by atoms with E-state index in [2.05, 4.69) is 38.0 Å². The zero-order valence-corrected chi connectivity index (χ0v) is 9.62. The first-order valence-corrected chi connectivity index (χ1v) is 5.19. The summed E-state index contributed by atoms with van der Waals surface area (Å²) in [5.41, 5.74) is 2.76. The fourth-order valence-corrected chi connectivity index (χ4v) is 1.59. The standard InChI is InChI=1S/C11H20N2.H2O/c1-8(2)5-10-11(6-9(3)4)13-7-12-10;/h7-9H,5-6H2,1-4H3,(H,12,13);1H2. The van der Waals surface area contributed by atoms with E-state index < -0.39 is 0 Å². The predicted molar refractivity (Wildman–Crippen MR) is 58.3 cm³/mol. The minimum atomic E-state index is 0. The minimum absolute atomic E-state index is 0. The van der Waals surface area contributed by atoms with Gasteiger partial charge in [0.05, 0.1) is 0 Å². The van der Waals surface area contributed by atoms with Gasteiger partial charge in [0.15, 0.2) is 6.34 Å². The van der Waals surface area contributed by atoms with E-state index in [4.69, 9.17) is 0 Å². The molecule has 0 aromatic carbocycles. The van der Waals surface area contributed by atoms with Gasteiger partial charge >= 0.3 is 0 Å². The quantitative estimate of drug-likeness (QED) is 0.734. The van der Waals surface area contributed by atoms with E-state index in [9.17, 15) is 0 Å². The van der Waals surface area contributed by atoms with Crippen molar-refractivity contribution in [3.63, 3.8) is 0 Å². The van der Waals surface area contributed by atoms with E-state index in [0.717, 1.165) is 12.3 Å². The predicted octanol–water partition coefficient (Wildman–Crippen LogP) is 1.72.